The van der Waals surface area contributed by atoms with Crippen LogP contribution in [0.4, 0.5) is 20.6 Å². The molecule has 0 radical (unpaired) electrons. The van der Waals surface area contributed by atoms with Gasteiger partial charge in [-0.3, -0.25) is 4.67 Å². The Bertz CT molecular complexity index is 1110. The Morgan fingerprint density at radius 1 is 1.07 bits per heavy atom. The van der Waals surface area contributed by atoms with E-state index in [1.165, 1.54) is 28.9 Å². The number of nitrogens with zero attached hydrogens (tertiary/aromatic N) is 1. The second-order valence-corrected chi connectivity index (χ2v) is 8.48. The van der Waals surface area contributed by atoms with Crippen LogP contribution < -0.4 is 24.3 Å². The van der Waals surface area contributed by atoms with Gasteiger partial charge in [-0.25, -0.2) is 18.8 Å². The van der Waals surface area contributed by atoms with Crippen LogP contribution in [0.2, 0.25) is 0 Å². The lowest BCUT2D eigenvalue weighted by Crippen LogP contribution is -2.38. The van der Waals surface area contributed by atoms with Gasteiger partial charge >= 0.3 is 13.7 Å². The number of halogens is 1. The first-order chi connectivity index (χ1) is 14.5. The number of nitrogens with one attached hydrogen (secondary N) is 2. The van der Waals surface area contributed by atoms with Crippen molar-refractivity contribution in [3.8, 4) is 11.5 Å². The third-order valence-electron chi connectivity index (χ3n) is 4.55. The number of para-hydroxylation sites is 1. The molecular weight excluding hydrogens is 408 g/mol. The van der Waals surface area contributed by atoms with Crippen LogP contribution in [0.5, 0.6) is 11.5 Å². The zero-order valence-corrected chi connectivity index (χ0v) is 16.9. The van der Waals surface area contributed by atoms with Gasteiger partial charge in [0.05, 0.1) is 13.7 Å². The van der Waals surface area contributed by atoms with E-state index in [1.54, 1.807) is 43.5 Å². The van der Waals surface area contributed by atoms with Gasteiger partial charge in [-0.05, 0) is 54.6 Å². The predicted octanol–water partition coefficient (Wildman–Crippen LogP) is 5.16. The van der Waals surface area contributed by atoms with Gasteiger partial charge in [-0.2, -0.15) is 0 Å². The molecule has 2 amide bonds. The minimum absolute atomic E-state index is 0.224. The maximum atomic E-state index is 13.7. The molecule has 1 unspecified atom stereocenters. The molecule has 7 nitrogen and oxygen atoms in total. The van der Waals surface area contributed by atoms with Crippen molar-refractivity contribution in [3.63, 3.8) is 0 Å². The molecule has 9 heteroatoms. The largest absolute Gasteiger partial charge is 0.497 e. The molecule has 1 aliphatic rings. The van der Waals surface area contributed by atoms with Crippen LogP contribution in [0.3, 0.4) is 0 Å². The quantitative estimate of drug-likeness (QED) is 0.562. The number of benzene rings is 3. The third-order valence-corrected chi connectivity index (χ3v) is 6.49. The van der Waals surface area contributed by atoms with Gasteiger partial charge in [0.25, 0.3) is 0 Å². The normalized spacial score (nSPS) is 17.5. The summed E-state index contributed by atoms with van der Waals surface area (Å²) in [6.07, 6.45) is 0. The third kappa shape index (κ3) is 4.09. The highest BCUT2D eigenvalue weighted by atomic mass is 31.2. The highest BCUT2D eigenvalue weighted by molar-refractivity contribution is 7.59. The second kappa shape index (κ2) is 8.08. The van der Waals surface area contributed by atoms with Crippen molar-refractivity contribution in [1.82, 2.24) is 5.09 Å². The summed E-state index contributed by atoms with van der Waals surface area (Å²) < 4.78 is 39.4. The molecule has 1 heterocycles. The molecule has 0 aliphatic carbocycles. The Hall–Kier alpha value is -3.51. The Kier molecular flexibility index (Phi) is 5.33. The van der Waals surface area contributed by atoms with Crippen molar-refractivity contribution in [2.75, 3.05) is 17.1 Å². The first-order valence-corrected chi connectivity index (χ1v) is 10.7. The van der Waals surface area contributed by atoms with E-state index in [2.05, 4.69) is 10.4 Å². The number of anilines is 2. The molecule has 0 aromatic heterocycles. The van der Waals surface area contributed by atoms with Crippen LogP contribution in [0.15, 0.2) is 72.8 Å². The molecule has 30 heavy (non-hydrogen) atoms. The molecule has 3 aromatic rings. The molecule has 3 aromatic carbocycles. The van der Waals surface area contributed by atoms with E-state index >= 15 is 0 Å². The minimum atomic E-state index is -3.88. The lowest BCUT2D eigenvalue weighted by molar-refractivity contribution is 0.255. The van der Waals surface area contributed by atoms with Crippen LogP contribution in [0, 0.1) is 5.82 Å². The van der Waals surface area contributed by atoms with Crippen molar-refractivity contribution < 1.29 is 23.0 Å². The fourth-order valence-electron chi connectivity index (χ4n) is 3.06. The summed E-state index contributed by atoms with van der Waals surface area (Å²) in [6, 6.07) is 18.6. The number of carbonyl (C=O) groups is 1. The first-order valence-electron chi connectivity index (χ1n) is 9.11. The molecular formula is C21H19FN3O4P. The van der Waals surface area contributed by atoms with Gasteiger partial charge in [0, 0.05) is 16.9 Å². The fourth-order valence-corrected chi connectivity index (χ4v) is 4.86. The number of amides is 2. The maximum Gasteiger partial charge on any atom is 0.450 e. The van der Waals surface area contributed by atoms with E-state index in [9.17, 15) is 13.8 Å². The first kappa shape index (κ1) is 19.8. The molecule has 4 rings (SSSR count). The van der Waals surface area contributed by atoms with Crippen LogP contribution >= 0.6 is 7.67 Å². The standard InChI is InChI=1S/C21H19FN3O4P/c1-28-19-12-8-17(9-13-19)23-21(26)24-30(27)25(18-10-6-16(22)7-11-18)14-15-4-2-3-5-20(15)29-30/h2-13H,14H2,1H3,(H2,23,24,26,27). The van der Waals surface area contributed by atoms with Crippen molar-refractivity contribution in [2.45, 2.75) is 6.54 Å². The van der Waals surface area contributed by atoms with Crippen LogP contribution in [0.1, 0.15) is 5.56 Å². The molecule has 1 aliphatic heterocycles. The van der Waals surface area contributed by atoms with Crippen LogP contribution in [0.25, 0.3) is 0 Å². The van der Waals surface area contributed by atoms with Crippen LogP contribution in [-0.2, 0) is 11.1 Å². The predicted molar refractivity (Wildman–Crippen MR) is 112 cm³/mol. The molecule has 2 N–H and O–H groups in total. The smallest absolute Gasteiger partial charge is 0.450 e. The molecule has 0 saturated heterocycles. The highest BCUT2D eigenvalue weighted by Crippen LogP contribution is 2.54. The number of hydrogen-bond donors (Lipinski definition) is 2. The van der Waals surface area contributed by atoms with E-state index in [-0.39, 0.29) is 6.54 Å². The summed E-state index contributed by atoms with van der Waals surface area (Å²) in [5, 5.41) is 5.09. The summed E-state index contributed by atoms with van der Waals surface area (Å²) in [5.41, 5.74) is 1.75. The lowest BCUT2D eigenvalue weighted by atomic mass is 10.2. The van der Waals surface area contributed by atoms with Gasteiger partial charge < -0.3 is 14.6 Å². The minimum Gasteiger partial charge on any atom is -0.497 e. The molecule has 0 bridgehead atoms. The molecule has 154 valence electrons. The second-order valence-electron chi connectivity index (χ2n) is 6.55. The number of urea groups is 1. The van der Waals surface area contributed by atoms with Crippen molar-refractivity contribution in [1.29, 1.82) is 0 Å². The number of ether oxygens (including phenoxy) is 1. The summed E-state index contributed by atoms with van der Waals surface area (Å²) in [6.45, 7) is 0.224. The van der Waals surface area contributed by atoms with Crippen molar-refractivity contribution in [3.05, 3.63) is 84.2 Å². The van der Waals surface area contributed by atoms with Gasteiger partial charge in [-0.1, -0.05) is 18.2 Å². The molecule has 1 atom stereocenters. The van der Waals surface area contributed by atoms with E-state index < -0.39 is 19.5 Å². The number of fused-ring (bicyclic) bond motifs is 1. The number of carbonyl (C=O) groups excluding carboxylic acids is 1. The number of methoxy groups -OCH3 is 1. The zero-order valence-electron chi connectivity index (χ0n) is 16.0. The summed E-state index contributed by atoms with van der Waals surface area (Å²) >= 11 is 0. The van der Waals surface area contributed by atoms with Crippen molar-refractivity contribution in [2.24, 2.45) is 0 Å². The number of hydrogen-bond acceptors (Lipinski definition) is 4. The monoisotopic (exact) mass is 427 g/mol. The topological polar surface area (TPSA) is 79.9 Å². The maximum absolute atomic E-state index is 13.7. The Morgan fingerprint density at radius 3 is 2.47 bits per heavy atom. The van der Waals surface area contributed by atoms with Gasteiger partial charge in [0.2, 0.25) is 0 Å². The lowest BCUT2D eigenvalue weighted by Gasteiger charge is -2.37. The fraction of sp³-hybridized carbons (Fsp3) is 0.0952. The van der Waals surface area contributed by atoms with E-state index in [0.29, 0.717) is 22.9 Å². The summed E-state index contributed by atoms with van der Waals surface area (Å²) in [7, 11) is -2.33. The van der Waals surface area contributed by atoms with E-state index in [4.69, 9.17) is 9.26 Å². The average Bonchev–Trinajstić information content (AvgIpc) is 2.74. The zero-order chi connectivity index (χ0) is 21.1. The summed E-state index contributed by atoms with van der Waals surface area (Å²) in [4.78, 5) is 12.6. The van der Waals surface area contributed by atoms with Gasteiger partial charge in [-0.15, -0.1) is 0 Å². The summed E-state index contributed by atoms with van der Waals surface area (Å²) in [5.74, 6) is 0.643. The number of rotatable bonds is 4. The van der Waals surface area contributed by atoms with Gasteiger partial charge in [0.1, 0.15) is 17.3 Å². The van der Waals surface area contributed by atoms with Crippen molar-refractivity contribution >= 4 is 25.1 Å². The highest BCUT2D eigenvalue weighted by Gasteiger charge is 2.40. The molecule has 0 spiro atoms. The molecule has 0 saturated carbocycles. The van der Waals surface area contributed by atoms with Gasteiger partial charge in [0.15, 0.2) is 0 Å². The Balaban J connectivity index is 1.60. The molecule has 0 fully saturated rings. The SMILES string of the molecule is COc1ccc(NC(=O)NP2(=O)Oc3ccccc3CN2c2ccc(F)cc2)cc1. The Morgan fingerprint density at radius 2 is 1.77 bits per heavy atom. The Labute approximate surface area is 173 Å². The average molecular weight is 427 g/mol. The van der Waals surface area contributed by atoms with E-state index in [0.717, 1.165) is 5.56 Å². The van der Waals surface area contributed by atoms with E-state index in [1.807, 2.05) is 12.1 Å². The van der Waals surface area contributed by atoms with Crippen LogP contribution in [-0.4, -0.2) is 13.1 Å².